The second-order valence-corrected chi connectivity index (χ2v) is 3.19. The maximum Gasteiger partial charge on any atom is 0.130 e. The number of aryl methyl sites for hydroxylation is 1. The molecule has 0 saturated heterocycles. The Labute approximate surface area is 83.5 Å². The summed E-state index contributed by atoms with van der Waals surface area (Å²) in [6.45, 7) is 2.09. The standard InChI is InChI=1S/C12H13NO/c1-3-9-8-12(14-2)10-6-4-5-7-11(10)13-9/h4-8H,3H2,1-2H3. The number of nitrogens with zero attached hydrogens (tertiary/aromatic N) is 1. The molecular formula is C12H13NO. The molecule has 72 valence electrons. The van der Waals surface area contributed by atoms with Gasteiger partial charge < -0.3 is 4.74 Å². The first kappa shape index (κ1) is 9.00. The number of fused-ring (bicyclic) bond motifs is 1. The van der Waals surface area contributed by atoms with E-state index in [2.05, 4.69) is 11.9 Å². The smallest absolute Gasteiger partial charge is 0.130 e. The van der Waals surface area contributed by atoms with Crippen molar-refractivity contribution in [3.63, 3.8) is 0 Å². The van der Waals surface area contributed by atoms with E-state index < -0.39 is 0 Å². The summed E-state index contributed by atoms with van der Waals surface area (Å²) in [6.07, 6.45) is 0.932. The molecular weight excluding hydrogens is 174 g/mol. The molecule has 2 nitrogen and oxygen atoms in total. The van der Waals surface area contributed by atoms with Crippen LogP contribution in [-0.2, 0) is 6.42 Å². The van der Waals surface area contributed by atoms with Crippen LogP contribution < -0.4 is 4.74 Å². The van der Waals surface area contributed by atoms with Gasteiger partial charge in [0.2, 0.25) is 0 Å². The zero-order chi connectivity index (χ0) is 9.97. The third-order valence-electron chi connectivity index (χ3n) is 2.31. The molecule has 2 heteroatoms. The Morgan fingerprint density at radius 1 is 1.29 bits per heavy atom. The van der Waals surface area contributed by atoms with E-state index in [1.165, 1.54) is 0 Å². The summed E-state index contributed by atoms with van der Waals surface area (Å²) in [5.74, 6) is 0.910. The maximum absolute atomic E-state index is 5.33. The number of rotatable bonds is 2. The first-order chi connectivity index (χ1) is 6.85. The minimum atomic E-state index is 0.910. The lowest BCUT2D eigenvalue weighted by Crippen LogP contribution is -1.92. The Morgan fingerprint density at radius 3 is 2.79 bits per heavy atom. The van der Waals surface area contributed by atoms with Gasteiger partial charge in [-0.05, 0) is 18.6 Å². The molecule has 0 fully saturated rings. The Hall–Kier alpha value is -1.57. The lowest BCUT2D eigenvalue weighted by molar-refractivity contribution is 0.419. The summed E-state index contributed by atoms with van der Waals surface area (Å²) in [6, 6.07) is 10.0. The van der Waals surface area contributed by atoms with Gasteiger partial charge in [0.1, 0.15) is 5.75 Å². The van der Waals surface area contributed by atoms with Crippen LogP contribution in [0, 0.1) is 0 Å². The fourth-order valence-corrected chi connectivity index (χ4v) is 1.55. The summed E-state index contributed by atoms with van der Waals surface area (Å²) in [4.78, 5) is 4.52. The van der Waals surface area contributed by atoms with Crippen LogP contribution in [0.1, 0.15) is 12.6 Å². The number of hydrogen-bond donors (Lipinski definition) is 0. The molecule has 0 unspecified atom stereocenters. The molecule has 1 aromatic carbocycles. The molecule has 0 spiro atoms. The van der Waals surface area contributed by atoms with Crippen molar-refractivity contribution in [2.24, 2.45) is 0 Å². The molecule has 2 aromatic rings. The number of benzene rings is 1. The predicted molar refractivity (Wildman–Crippen MR) is 57.7 cm³/mol. The van der Waals surface area contributed by atoms with E-state index >= 15 is 0 Å². The van der Waals surface area contributed by atoms with Crippen LogP contribution in [0.5, 0.6) is 5.75 Å². The van der Waals surface area contributed by atoms with E-state index in [9.17, 15) is 0 Å². The second kappa shape index (κ2) is 3.66. The van der Waals surface area contributed by atoms with Crippen LogP contribution in [0.25, 0.3) is 10.9 Å². The van der Waals surface area contributed by atoms with E-state index in [4.69, 9.17) is 4.74 Å². The van der Waals surface area contributed by atoms with Gasteiger partial charge in [0, 0.05) is 17.1 Å². The molecule has 0 aliphatic heterocycles. The first-order valence-corrected chi connectivity index (χ1v) is 4.77. The van der Waals surface area contributed by atoms with Gasteiger partial charge in [-0.2, -0.15) is 0 Å². The Balaban J connectivity index is 2.73. The zero-order valence-corrected chi connectivity index (χ0v) is 8.45. The van der Waals surface area contributed by atoms with Crippen molar-refractivity contribution in [3.05, 3.63) is 36.0 Å². The zero-order valence-electron chi connectivity index (χ0n) is 8.45. The topological polar surface area (TPSA) is 22.1 Å². The highest BCUT2D eigenvalue weighted by Gasteiger charge is 2.03. The maximum atomic E-state index is 5.33. The van der Waals surface area contributed by atoms with Gasteiger partial charge in [-0.25, -0.2) is 0 Å². The van der Waals surface area contributed by atoms with Crippen LogP contribution in [0.2, 0.25) is 0 Å². The molecule has 0 radical (unpaired) electrons. The van der Waals surface area contributed by atoms with Crippen molar-refractivity contribution in [1.29, 1.82) is 0 Å². The number of para-hydroxylation sites is 1. The van der Waals surface area contributed by atoms with E-state index in [1.54, 1.807) is 7.11 Å². The predicted octanol–water partition coefficient (Wildman–Crippen LogP) is 2.81. The van der Waals surface area contributed by atoms with Gasteiger partial charge >= 0.3 is 0 Å². The molecule has 2 rings (SSSR count). The van der Waals surface area contributed by atoms with E-state index in [0.29, 0.717) is 0 Å². The third kappa shape index (κ3) is 1.43. The highest BCUT2D eigenvalue weighted by Crippen LogP contribution is 2.24. The minimum absolute atomic E-state index is 0.910. The van der Waals surface area contributed by atoms with Crippen molar-refractivity contribution < 1.29 is 4.74 Å². The van der Waals surface area contributed by atoms with Crippen LogP contribution in [0.15, 0.2) is 30.3 Å². The molecule has 0 aliphatic rings. The van der Waals surface area contributed by atoms with Gasteiger partial charge in [-0.1, -0.05) is 19.1 Å². The van der Waals surface area contributed by atoms with Gasteiger partial charge in [0.15, 0.2) is 0 Å². The lowest BCUT2D eigenvalue weighted by atomic mass is 10.1. The lowest BCUT2D eigenvalue weighted by Gasteiger charge is -2.06. The van der Waals surface area contributed by atoms with Crippen molar-refractivity contribution in [2.75, 3.05) is 7.11 Å². The molecule has 0 aliphatic carbocycles. The number of hydrogen-bond acceptors (Lipinski definition) is 2. The van der Waals surface area contributed by atoms with Crippen molar-refractivity contribution in [2.45, 2.75) is 13.3 Å². The highest BCUT2D eigenvalue weighted by molar-refractivity contribution is 5.85. The van der Waals surface area contributed by atoms with E-state index in [0.717, 1.165) is 28.8 Å². The quantitative estimate of drug-likeness (QED) is 0.721. The number of ether oxygens (including phenoxy) is 1. The summed E-state index contributed by atoms with van der Waals surface area (Å²) in [5.41, 5.74) is 2.07. The molecule has 0 amide bonds. The number of pyridine rings is 1. The molecule has 0 atom stereocenters. The summed E-state index contributed by atoms with van der Waals surface area (Å²) in [5, 5.41) is 1.08. The molecule has 0 saturated carbocycles. The Morgan fingerprint density at radius 2 is 2.07 bits per heavy atom. The van der Waals surface area contributed by atoms with Crippen LogP contribution in [0.3, 0.4) is 0 Å². The highest BCUT2D eigenvalue weighted by atomic mass is 16.5. The number of aromatic nitrogens is 1. The summed E-state index contributed by atoms with van der Waals surface area (Å²) >= 11 is 0. The van der Waals surface area contributed by atoms with Gasteiger partial charge in [0.25, 0.3) is 0 Å². The first-order valence-electron chi connectivity index (χ1n) is 4.77. The minimum Gasteiger partial charge on any atom is -0.496 e. The van der Waals surface area contributed by atoms with E-state index in [1.807, 2.05) is 30.3 Å². The molecule has 1 aromatic heterocycles. The fourth-order valence-electron chi connectivity index (χ4n) is 1.55. The van der Waals surface area contributed by atoms with Gasteiger partial charge in [0.05, 0.1) is 12.6 Å². The van der Waals surface area contributed by atoms with Gasteiger partial charge in [-0.15, -0.1) is 0 Å². The average Bonchev–Trinajstić information content (AvgIpc) is 2.27. The van der Waals surface area contributed by atoms with Crippen molar-refractivity contribution >= 4 is 10.9 Å². The van der Waals surface area contributed by atoms with Crippen LogP contribution in [0.4, 0.5) is 0 Å². The molecule has 0 N–H and O–H groups in total. The van der Waals surface area contributed by atoms with Crippen molar-refractivity contribution in [3.8, 4) is 5.75 Å². The Bertz CT molecular complexity index is 451. The largest absolute Gasteiger partial charge is 0.496 e. The monoisotopic (exact) mass is 187 g/mol. The summed E-state index contributed by atoms with van der Waals surface area (Å²) < 4.78 is 5.33. The summed E-state index contributed by atoms with van der Waals surface area (Å²) in [7, 11) is 1.70. The van der Waals surface area contributed by atoms with E-state index in [-0.39, 0.29) is 0 Å². The van der Waals surface area contributed by atoms with Crippen LogP contribution >= 0.6 is 0 Å². The molecule has 0 bridgehead atoms. The van der Waals surface area contributed by atoms with Gasteiger partial charge in [-0.3, -0.25) is 4.98 Å². The fraction of sp³-hybridized carbons (Fsp3) is 0.250. The normalized spacial score (nSPS) is 10.4. The SMILES string of the molecule is CCc1cc(OC)c2ccccc2n1. The molecule has 1 heterocycles. The van der Waals surface area contributed by atoms with Crippen molar-refractivity contribution in [1.82, 2.24) is 4.98 Å². The molecule has 14 heavy (non-hydrogen) atoms. The third-order valence-corrected chi connectivity index (χ3v) is 2.31. The average molecular weight is 187 g/mol. The second-order valence-electron chi connectivity index (χ2n) is 3.19. The van der Waals surface area contributed by atoms with Crippen LogP contribution in [-0.4, -0.2) is 12.1 Å². The Kier molecular flexibility index (Phi) is 2.35. The number of methoxy groups -OCH3 is 1.